The van der Waals surface area contributed by atoms with Crippen molar-refractivity contribution in [1.82, 2.24) is 20.5 Å². The van der Waals surface area contributed by atoms with Gasteiger partial charge in [0.05, 0.1) is 16.2 Å². The average Bonchev–Trinajstić information content (AvgIpc) is 3.61. The lowest BCUT2D eigenvalue weighted by Crippen LogP contribution is -2.37. The zero-order chi connectivity index (χ0) is 29.5. The summed E-state index contributed by atoms with van der Waals surface area (Å²) >= 11 is 2.23. The highest BCUT2D eigenvalue weighted by Crippen LogP contribution is 2.36. The molecule has 15 heteroatoms. The Balaban J connectivity index is 1.21. The average molecular weight is 624 g/mol. The minimum absolute atomic E-state index is 0.0804. The Morgan fingerprint density at radius 1 is 1.05 bits per heavy atom. The van der Waals surface area contributed by atoms with E-state index in [0.717, 1.165) is 39.6 Å². The minimum atomic E-state index is -4.44. The van der Waals surface area contributed by atoms with Crippen molar-refractivity contribution in [2.45, 2.75) is 56.6 Å². The molecule has 0 fully saturated rings. The highest BCUT2D eigenvalue weighted by Gasteiger charge is 2.30. The summed E-state index contributed by atoms with van der Waals surface area (Å²) in [4.78, 5) is 17.1. The maximum atomic E-state index is 12.9. The summed E-state index contributed by atoms with van der Waals surface area (Å²) in [6, 6.07) is 9.09. The molecule has 0 bridgehead atoms. The maximum Gasteiger partial charge on any atom is 0.416 e. The fourth-order valence-corrected chi connectivity index (χ4v) is 7.18. The highest BCUT2D eigenvalue weighted by atomic mass is 32.2. The van der Waals surface area contributed by atoms with Crippen molar-refractivity contribution in [2.24, 2.45) is 0 Å². The van der Waals surface area contributed by atoms with Gasteiger partial charge < -0.3 is 10.1 Å². The molecule has 0 radical (unpaired) electrons. The number of aromatic nitrogens is 3. The topological polar surface area (TPSA) is 123 Å². The predicted molar refractivity (Wildman–Crippen MR) is 149 cm³/mol. The van der Waals surface area contributed by atoms with Gasteiger partial charge in [0.25, 0.3) is 10.0 Å². The van der Waals surface area contributed by atoms with Crippen LogP contribution in [0.15, 0.2) is 47.4 Å². The van der Waals surface area contributed by atoms with Gasteiger partial charge in [0.1, 0.15) is 10.0 Å². The first-order valence-electron chi connectivity index (χ1n) is 12.4. The van der Waals surface area contributed by atoms with E-state index in [0.29, 0.717) is 29.1 Å². The summed E-state index contributed by atoms with van der Waals surface area (Å²) in [6.45, 7) is 5.52. The molecule has 1 atom stereocenters. The third kappa shape index (κ3) is 6.52. The van der Waals surface area contributed by atoms with Crippen molar-refractivity contribution in [3.8, 4) is 15.6 Å². The van der Waals surface area contributed by atoms with Gasteiger partial charge in [0.15, 0.2) is 0 Å². The molecule has 2 N–H and O–H groups in total. The van der Waals surface area contributed by atoms with Crippen molar-refractivity contribution in [2.75, 3.05) is 4.72 Å². The molecule has 0 saturated heterocycles. The van der Waals surface area contributed by atoms with E-state index < -0.39 is 27.9 Å². The smallest absolute Gasteiger partial charge is 0.397 e. The van der Waals surface area contributed by atoms with E-state index in [2.05, 4.69) is 25.2 Å². The number of rotatable bonds is 7. The van der Waals surface area contributed by atoms with Gasteiger partial charge in [0, 0.05) is 17.5 Å². The number of nitrogens with one attached hydrogen (secondary N) is 2. The number of carbonyl (C=O) groups excluding carboxylic acids is 1. The maximum absolute atomic E-state index is 12.9. The molecule has 1 aliphatic rings. The molecule has 41 heavy (non-hydrogen) atoms. The van der Waals surface area contributed by atoms with E-state index >= 15 is 0 Å². The molecule has 2 aromatic heterocycles. The Morgan fingerprint density at radius 3 is 2.41 bits per heavy atom. The number of benzene rings is 2. The molecular formula is C26H24F3N5O4S3. The first kappa shape index (κ1) is 29.0. The van der Waals surface area contributed by atoms with E-state index in [-0.39, 0.29) is 27.0 Å². The first-order chi connectivity index (χ1) is 19.3. The molecule has 1 unspecified atom stereocenters. The normalized spacial score (nSPS) is 15.1. The summed E-state index contributed by atoms with van der Waals surface area (Å²) < 4.78 is 72.3. The number of alkyl halides is 3. The number of carbonyl (C=O) groups is 1. The molecule has 0 aliphatic heterocycles. The van der Waals surface area contributed by atoms with Crippen molar-refractivity contribution < 1.29 is 31.1 Å². The molecule has 0 saturated carbocycles. The van der Waals surface area contributed by atoms with Crippen LogP contribution in [-0.4, -0.2) is 35.7 Å². The van der Waals surface area contributed by atoms with Crippen LogP contribution in [0.3, 0.4) is 0 Å². The van der Waals surface area contributed by atoms with Crippen molar-refractivity contribution in [3.05, 3.63) is 69.9 Å². The molecule has 9 nitrogen and oxygen atoms in total. The largest absolute Gasteiger partial charge is 0.416 e. The summed E-state index contributed by atoms with van der Waals surface area (Å²) in [5.41, 5.74) is 1.83. The molecule has 0 spiro atoms. The molecule has 4 aromatic rings. The van der Waals surface area contributed by atoms with E-state index in [9.17, 15) is 26.4 Å². The fourth-order valence-electron chi connectivity index (χ4n) is 4.23. The lowest BCUT2D eigenvalue weighted by molar-refractivity contribution is -0.137. The van der Waals surface area contributed by atoms with Crippen LogP contribution in [0.25, 0.3) is 10.6 Å². The number of halogens is 3. The number of hydrogen-bond acceptors (Lipinski definition) is 9. The number of nitrogens with zero attached hydrogens (tertiary/aromatic N) is 3. The number of fused-ring (bicyclic) bond motifs is 1. The fraction of sp³-hybridized carbons (Fsp3) is 0.308. The summed E-state index contributed by atoms with van der Waals surface area (Å²) in [5.74, 6) is 0.128. The summed E-state index contributed by atoms with van der Waals surface area (Å²) in [7, 11) is -3.88. The molecule has 2 heterocycles. The minimum Gasteiger partial charge on any atom is -0.397 e. The zero-order valence-electron chi connectivity index (χ0n) is 21.9. The van der Waals surface area contributed by atoms with Crippen LogP contribution < -0.4 is 14.8 Å². The molecular weight excluding hydrogens is 600 g/mol. The molecule has 1 amide bonds. The van der Waals surface area contributed by atoms with Gasteiger partial charge in [-0.05, 0) is 55.2 Å². The van der Waals surface area contributed by atoms with E-state index in [1.54, 1.807) is 19.1 Å². The number of anilines is 1. The van der Waals surface area contributed by atoms with Crippen LogP contribution >= 0.6 is 22.7 Å². The highest BCUT2D eigenvalue weighted by molar-refractivity contribution is 7.93. The van der Waals surface area contributed by atoms with E-state index in [1.807, 2.05) is 13.8 Å². The monoisotopic (exact) mass is 623 g/mol. The molecule has 1 aliphatic carbocycles. The van der Waals surface area contributed by atoms with Crippen LogP contribution in [0.4, 0.5) is 23.1 Å². The number of sulfonamides is 1. The second-order valence-corrected chi connectivity index (χ2v) is 13.4. The lowest BCUT2D eigenvalue weighted by Gasteiger charge is -2.11. The number of ether oxygens (including phenoxy) is 1. The Bertz CT molecular complexity index is 1700. The Morgan fingerprint density at radius 2 is 1.76 bits per heavy atom. The van der Waals surface area contributed by atoms with Crippen LogP contribution in [0, 0.1) is 6.92 Å². The van der Waals surface area contributed by atoms with Crippen LogP contribution in [0.5, 0.6) is 5.06 Å². The van der Waals surface area contributed by atoms with Gasteiger partial charge in [0.2, 0.25) is 10.2 Å². The zero-order valence-corrected chi connectivity index (χ0v) is 24.4. The number of hydrogen-bond donors (Lipinski definition) is 2. The van der Waals surface area contributed by atoms with Gasteiger partial charge in [-0.25, -0.2) is 18.2 Å². The number of aryl methyl sites for hydroxylation is 1. The van der Waals surface area contributed by atoms with Gasteiger partial charge in [-0.15, -0.1) is 10.2 Å². The summed E-state index contributed by atoms with van der Waals surface area (Å²) in [5, 5.41) is 12.3. The quantitative estimate of drug-likeness (QED) is 0.252. The van der Waals surface area contributed by atoms with Gasteiger partial charge >= 0.3 is 12.3 Å². The Kier molecular flexibility index (Phi) is 7.78. The van der Waals surface area contributed by atoms with Crippen LogP contribution in [0.1, 0.15) is 47.2 Å². The lowest BCUT2D eigenvalue weighted by atomic mass is 10.1. The Hall–Kier alpha value is -3.56. The second-order valence-electron chi connectivity index (χ2n) is 9.74. The standard InChI is InChI=1S/C26H24F3N5O4S3/c1-13(2)21-32-33-24(40-21)34-41(36,37)20-9-6-16-10-19(11-17(16)12-20)31-25(35)38-23-14(3)30-22(39-23)15-4-7-18(8-5-15)26(27,28)29/h4-9,12-13,19H,10-11H2,1-3H3,(H,31,35)(H,33,34). The third-order valence-corrected chi connectivity index (χ3v) is 9.99. The summed E-state index contributed by atoms with van der Waals surface area (Å²) in [6.07, 6.45) is -4.25. The molecule has 216 valence electrons. The first-order valence-corrected chi connectivity index (χ1v) is 15.5. The molecule has 2 aromatic carbocycles. The van der Waals surface area contributed by atoms with Crippen molar-refractivity contribution in [1.29, 1.82) is 0 Å². The van der Waals surface area contributed by atoms with Crippen molar-refractivity contribution >= 4 is 43.9 Å². The predicted octanol–water partition coefficient (Wildman–Crippen LogP) is 6.17. The molecule has 5 rings (SSSR count). The van der Waals surface area contributed by atoms with Crippen LogP contribution in [0.2, 0.25) is 0 Å². The number of thiazole rings is 1. The Labute approximate surface area is 241 Å². The van der Waals surface area contributed by atoms with Gasteiger partial charge in [-0.1, -0.05) is 54.7 Å². The SMILES string of the molecule is Cc1nc(-c2ccc(C(F)(F)F)cc2)sc1OC(=O)NC1Cc2ccc(S(=O)(=O)Nc3nnc(C(C)C)s3)cc2C1. The third-order valence-electron chi connectivity index (χ3n) is 6.30. The second kappa shape index (κ2) is 11.0. The van der Waals surface area contributed by atoms with Crippen LogP contribution in [-0.2, 0) is 29.0 Å². The van der Waals surface area contributed by atoms with Crippen molar-refractivity contribution in [3.63, 3.8) is 0 Å². The number of amides is 1. The van der Waals surface area contributed by atoms with Gasteiger partial charge in [-0.2, -0.15) is 13.2 Å². The van der Waals surface area contributed by atoms with E-state index in [4.69, 9.17) is 4.74 Å². The van der Waals surface area contributed by atoms with E-state index in [1.165, 1.54) is 29.5 Å². The van der Waals surface area contributed by atoms with Gasteiger partial charge in [-0.3, -0.25) is 4.72 Å².